The van der Waals surface area contributed by atoms with Crippen LogP contribution in [0.3, 0.4) is 0 Å². The molecule has 0 unspecified atom stereocenters. The molecule has 5 heteroatoms. The Morgan fingerprint density at radius 2 is 2.05 bits per heavy atom. The predicted molar refractivity (Wildman–Crippen MR) is 89.0 cm³/mol. The maximum absolute atomic E-state index is 11.5. The molecule has 0 spiro atoms. The number of nitrogens with one attached hydrogen (secondary N) is 1. The summed E-state index contributed by atoms with van der Waals surface area (Å²) in [6.45, 7) is 2.63. The quantitative estimate of drug-likeness (QED) is 0.787. The number of aryl methyl sites for hydroxylation is 1. The highest BCUT2D eigenvalue weighted by Gasteiger charge is 2.07. The number of rotatable bonds is 4. The second-order valence-corrected chi connectivity index (χ2v) is 5.88. The van der Waals surface area contributed by atoms with Gasteiger partial charge >= 0.3 is 5.97 Å². The van der Waals surface area contributed by atoms with Crippen LogP contribution in [0.4, 0.5) is 5.69 Å². The zero-order valence-corrected chi connectivity index (χ0v) is 14.1. The van der Waals surface area contributed by atoms with E-state index in [0.29, 0.717) is 17.1 Å². The fraction of sp³-hybridized carbons (Fsp3) is 0.188. The highest BCUT2D eigenvalue weighted by atomic mass is 79.9. The van der Waals surface area contributed by atoms with Crippen molar-refractivity contribution in [3.8, 4) is 0 Å². The van der Waals surface area contributed by atoms with Crippen molar-refractivity contribution in [2.75, 3.05) is 12.4 Å². The Morgan fingerprint density at radius 3 is 2.67 bits per heavy atom. The number of hydrogen-bond acceptors (Lipinski definition) is 3. The second-order valence-electron chi connectivity index (χ2n) is 4.62. The van der Waals surface area contributed by atoms with Gasteiger partial charge in [-0.3, -0.25) is 0 Å². The lowest BCUT2D eigenvalue weighted by Gasteiger charge is -2.11. The van der Waals surface area contributed by atoms with E-state index >= 15 is 0 Å². The van der Waals surface area contributed by atoms with Crippen LogP contribution >= 0.6 is 27.5 Å². The van der Waals surface area contributed by atoms with Crippen molar-refractivity contribution in [2.24, 2.45) is 0 Å². The van der Waals surface area contributed by atoms with Crippen molar-refractivity contribution in [3.05, 3.63) is 62.6 Å². The van der Waals surface area contributed by atoms with E-state index in [2.05, 4.69) is 21.2 Å². The summed E-state index contributed by atoms with van der Waals surface area (Å²) in [4.78, 5) is 11.5. The molecule has 0 bridgehead atoms. The first-order chi connectivity index (χ1) is 10.0. The fourth-order valence-electron chi connectivity index (χ4n) is 1.95. The summed E-state index contributed by atoms with van der Waals surface area (Å²) in [5.74, 6) is -0.328. The second kappa shape index (κ2) is 6.96. The average molecular weight is 369 g/mol. The summed E-state index contributed by atoms with van der Waals surface area (Å²) in [7, 11) is 1.38. The van der Waals surface area contributed by atoms with Crippen molar-refractivity contribution < 1.29 is 9.53 Å². The molecule has 2 aromatic carbocycles. The fourth-order valence-corrected chi connectivity index (χ4v) is 2.50. The lowest BCUT2D eigenvalue weighted by Crippen LogP contribution is -2.04. The molecular weight excluding hydrogens is 354 g/mol. The summed E-state index contributed by atoms with van der Waals surface area (Å²) in [6.07, 6.45) is 0. The van der Waals surface area contributed by atoms with Gasteiger partial charge in [-0.25, -0.2) is 4.79 Å². The standard InChI is InChI=1S/C16H15BrClNO2/c1-10-7-12(16(20)21-2)4-6-15(10)19-9-11-3-5-14(18)13(17)8-11/h3-8,19H,9H2,1-2H3. The Balaban J connectivity index is 2.09. The van der Waals surface area contributed by atoms with Gasteiger partial charge in [0.05, 0.1) is 17.7 Å². The van der Waals surface area contributed by atoms with Crippen molar-refractivity contribution in [3.63, 3.8) is 0 Å². The molecule has 0 fully saturated rings. The van der Waals surface area contributed by atoms with Crippen LogP contribution < -0.4 is 5.32 Å². The first-order valence-corrected chi connectivity index (χ1v) is 7.55. The van der Waals surface area contributed by atoms with Crippen LogP contribution in [0.2, 0.25) is 5.02 Å². The Hall–Kier alpha value is -1.52. The molecule has 0 aliphatic heterocycles. The average Bonchev–Trinajstić information content (AvgIpc) is 2.48. The van der Waals surface area contributed by atoms with E-state index in [1.54, 1.807) is 6.07 Å². The maximum Gasteiger partial charge on any atom is 0.337 e. The Kier molecular flexibility index (Phi) is 5.26. The number of esters is 1. The molecule has 0 atom stereocenters. The van der Waals surface area contributed by atoms with Gasteiger partial charge in [0.15, 0.2) is 0 Å². The minimum atomic E-state index is -0.328. The van der Waals surface area contributed by atoms with Gasteiger partial charge in [0.25, 0.3) is 0 Å². The third-order valence-electron chi connectivity index (χ3n) is 3.11. The van der Waals surface area contributed by atoms with E-state index in [0.717, 1.165) is 21.3 Å². The molecule has 21 heavy (non-hydrogen) atoms. The van der Waals surface area contributed by atoms with Crippen molar-refractivity contribution >= 4 is 39.2 Å². The van der Waals surface area contributed by atoms with Gasteiger partial charge < -0.3 is 10.1 Å². The number of anilines is 1. The Labute approximate surface area is 137 Å². The monoisotopic (exact) mass is 367 g/mol. The van der Waals surface area contributed by atoms with Crippen molar-refractivity contribution in [1.82, 2.24) is 0 Å². The van der Waals surface area contributed by atoms with E-state index < -0.39 is 0 Å². The van der Waals surface area contributed by atoms with Gasteiger partial charge in [-0.05, 0) is 64.3 Å². The predicted octanol–water partition coefficient (Wildman–Crippen LogP) is 4.81. The molecule has 0 aliphatic carbocycles. The normalized spacial score (nSPS) is 10.3. The van der Waals surface area contributed by atoms with Crippen LogP contribution in [0.5, 0.6) is 0 Å². The van der Waals surface area contributed by atoms with Crippen molar-refractivity contribution in [2.45, 2.75) is 13.5 Å². The number of halogens is 2. The van der Waals surface area contributed by atoms with Crippen molar-refractivity contribution in [1.29, 1.82) is 0 Å². The molecule has 1 N–H and O–H groups in total. The Bertz CT molecular complexity index is 673. The van der Waals surface area contributed by atoms with Gasteiger partial charge in [-0.2, -0.15) is 0 Å². The SMILES string of the molecule is COC(=O)c1ccc(NCc2ccc(Cl)c(Br)c2)c(C)c1. The maximum atomic E-state index is 11.5. The molecule has 0 saturated carbocycles. The molecule has 3 nitrogen and oxygen atoms in total. The number of methoxy groups -OCH3 is 1. The number of ether oxygens (including phenoxy) is 1. The number of hydrogen-bond donors (Lipinski definition) is 1. The molecule has 2 rings (SSSR count). The van der Waals surface area contributed by atoms with Crippen LogP contribution in [-0.2, 0) is 11.3 Å². The first kappa shape index (κ1) is 15.9. The minimum Gasteiger partial charge on any atom is -0.465 e. The molecule has 0 aromatic heterocycles. The van der Waals surface area contributed by atoms with Gasteiger partial charge in [0.2, 0.25) is 0 Å². The molecule has 0 radical (unpaired) electrons. The van der Waals surface area contributed by atoms with E-state index in [9.17, 15) is 4.79 Å². The van der Waals surface area contributed by atoms with Crippen LogP contribution in [0.15, 0.2) is 40.9 Å². The smallest absolute Gasteiger partial charge is 0.337 e. The third-order valence-corrected chi connectivity index (χ3v) is 4.33. The van der Waals surface area contributed by atoms with Crippen LogP contribution in [0, 0.1) is 6.92 Å². The molecule has 2 aromatic rings. The highest BCUT2D eigenvalue weighted by Crippen LogP contribution is 2.24. The minimum absolute atomic E-state index is 0.328. The van der Waals surface area contributed by atoms with Gasteiger partial charge in [-0.1, -0.05) is 17.7 Å². The van der Waals surface area contributed by atoms with Gasteiger partial charge in [-0.15, -0.1) is 0 Å². The Morgan fingerprint density at radius 1 is 1.29 bits per heavy atom. The summed E-state index contributed by atoms with van der Waals surface area (Å²) >= 11 is 9.38. The largest absolute Gasteiger partial charge is 0.465 e. The van der Waals surface area contributed by atoms with Gasteiger partial charge in [0.1, 0.15) is 0 Å². The van der Waals surface area contributed by atoms with E-state index in [1.165, 1.54) is 7.11 Å². The van der Waals surface area contributed by atoms with E-state index in [4.69, 9.17) is 16.3 Å². The molecule has 0 aliphatic rings. The van der Waals surface area contributed by atoms with Crippen LogP contribution in [0.25, 0.3) is 0 Å². The zero-order valence-electron chi connectivity index (χ0n) is 11.7. The summed E-state index contributed by atoms with van der Waals surface area (Å²) < 4.78 is 5.58. The molecule has 0 saturated heterocycles. The summed E-state index contributed by atoms with van der Waals surface area (Å²) in [6, 6.07) is 11.2. The lowest BCUT2D eigenvalue weighted by atomic mass is 10.1. The lowest BCUT2D eigenvalue weighted by molar-refractivity contribution is 0.0600. The summed E-state index contributed by atoms with van der Waals surface area (Å²) in [5.41, 5.74) is 3.64. The number of carbonyl (C=O) groups excluding carboxylic acids is 1. The first-order valence-electron chi connectivity index (χ1n) is 6.38. The topological polar surface area (TPSA) is 38.3 Å². The molecule has 0 heterocycles. The van der Waals surface area contributed by atoms with E-state index in [-0.39, 0.29) is 5.97 Å². The highest BCUT2D eigenvalue weighted by molar-refractivity contribution is 9.10. The molecular formula is C16H15BrClNO2. The van der Waals surface area contributed by atoms with Crippen LogP contribution in [0.1, 0.15) is 21.5 Å². The van der Waals surface area contributed by atoms with Gasteiger partial charge in [0, 0.05) is 16.7 Å². The molecule has 0 amide bonds. The number of carbonyl (C=O) groups is 1. The number of benzene rings is 2. The summed E-state index contributed by atoms with van der Waals surface area (Å²) in [5, 5.41) is 4.04. The third kappa shape index (κ3) is 3.99. The van der Waals surface area contributed by atoms with Crippen LogP contribution in [-0.4, -0.2) is 13.1 Å². The van der Waals surface area contributed by atoms with E-state index in [1.807, 2.05) is 37.3 Å². The molecule has 110 valence electrons. The zero-order chi connectivity index (χ0) is 15.4.